The summed E-state index contributed by atoms with van der Waals surface area (Å²) in [6.07, 6.45) is 3.27. The molecule has 1 aromatic rings. The SMILES string of the molecule is COc1ccc2cc1O[C@@H]1[C@H]3C(=O)CN(C)[C@H](C2)[C@@H]3C=C[C@@H]1O. The van der Waals surface area contributed by atoms with Crippen LogP contribution >= 0.6 is 0 Å². The summed E-state index contributed by atoms with van der Waals surface area (Å²) in [5.41, 5.74) is 1.15. The van der Waals surface area contributed by atoms with Gasteiger partial charge < -0.3 is 14.6 Å². The summed E-state index contributed by atoms with van der Waals surface area (Å²) in [5, 5.41) is 10.4. The van der Waals surface area contributed by atoms with Crippen LogP contribution < -0.4 is 9.47 Å². The van der Waals surface area contributed by atoms with Crippen LogP contribution in [0.5, 0.6) is 11.5 Å². The minimum absolute atomic E-state index is 0.0647. The average Bonchev–Trinajstić information content (AvgIpc) is 2.55. The molecule has 0 spiro atoms. The molecule has 5 heteroatoms. The molecule has 1 aliphatic carbocycles. The van der Waals surface area contributed by atoms with Crippen molar-refractivity contribution in [1.29, 1.82) is 0 Å². The smallest absolute Gasteiger partial charge is 0.162 e. The maximum Gasteiger partial charge on any atom is 0.162 e. The van der Waals surface area contributed by atoms with Crippen LogP contribution in [0.1, 0.15) is 5.56 Å². The van der Waals surface area contributed by atoms with Crippen molar-refractivity contribution in [2.24, 2.45) is 11.8 Å². The number of ketones is 1. The first-order chi connectivity index (χ1) is 11.1. The van der Waals surface area contributed by atoms with Crippen LogP contribution in [0.2, 0.25) is 0 Å². The third-order valence-corrected chi connectivity index (χ3v) is 5.36. The molecule has 0 radical (unpaired) electrons. The fourth-order valence-corrected chi connectivity index (χ4v) is 4.19. The first-order valence-corrected chi connectivity index (χ1v) is 8.01. The average molecular weight is 315 g/mol. The molecule has 1 saturated heterocycles. The highest BCUT2D eigenvalue weighted by atomic mass is 16.5. The number of Topliss-reactive ketones (excluding diaryl/α,β-unsaturated/α-hetero) is 1. The highest BCUT2D eigenvalue weighted by Crippen LogP contribution is 2.41. The van der Waals surface area contributed by atoms with Gasteiger partial charge in [0.15, 0.2) is 17.3 Å². The van der Waals surface area contributed by atoms with E-state index >= 15 is 0 Å². The number of nitrogens with zero attached hydrogens (tertiary/aromatic N) is 1. The van der Waals surface area contributed by atoms with E-state index in [0.717, 1.165) is 12.0 Å². The lowest BCUT2D eigenvalue weighted by atomic mass is 9.70. The molecule has 122 valence electrons. The highest BCUT2D eigenvalue weighted by Gasteiger charge is 2.49. The molecular weight excluding hydrogens is 294 g/mol. The van der Waals surface area contributed by atoms with Gasteiger partial charge in [-0.3, -0.25) is 9.69 Å². The van der Waals surface area contributed by atoms with Gasteiger partial charge in [0.05, 0.1) is 19.6 Å². The van der Waals surface area contributed by atoms with Gasteiger partial charge >= 0.3 is 0 Å². The third-order valence-electron chi connectivity index (χ3n) is 5.36. The molecule has 6 bridgehead atoms. The van der Waals surface area contributed by atoms with Gasteiger partial charge in [-0.15, -0.1) is 0 Å². The van der Waals surface area contributed by atoms with E-state index in [1.54, 1.807) is 13.2 Å². The van der Waals surface area contributed by atoms with Crippen LogP contribution in [-0.2, 0) is 11.2 Å². The molecule has 5 nitrogen and oxygen atoms in total. The Kier molecular flexibility index (Phi) is 3.43. The lowest BCUT2D eigenvalue weighted by Crippen LogP contribution is -2.59. The summed E-state index contributed by atoms with van der Waals surface area (Å²) in [7, 11) is 3.59. The number of methoxy groups -OCH3 is 1. The van der Waals surface area contributed by atoms with Gasteiger partial charge in [-0.05, 0) is 31.2 Å². The Morgan fingerprint density at radius 1 is 1.35 bits per heavy atom. The molecule has 1 aromatic carbocycles. The van der Waals surface area contributed by atoms with E-state index in [4.69, 9.17) is 9.47 Å². The Bertz CT molecular complexity index is 671. The Balaban J connectivity index is 1.86. The molecular formula is C18H21NO4. The molecule has 3 aliphatic rings. The Labute approximate surface area is 135 Å². The van der Waals surface area contributed by atoms with Crippen molar-refractivity contribution in [1.82, 2.24) is 4.90 Å². The van der Waals surface area contributed by atoms with Crippen LogP contribution in [0.4, 0.5) is 0 Å². The normalized spacial score (nSPS) is 35.8. The molecule has 0 unspecified atom stereocenters. The number of likely N-dealkylation sites (tertiary alicyclic amines) is 1. The van der Waals surface area contributed by atoms with E-state index in [2.05, 4.69) is 4.90 Å². The number of fused-ring (bicyclic) bond motifs is 2. The van der Waals surface area contributed by atoms with Gasteiger partial charge in [-0.1, -0.05) is 18.2 Å². The number of aliphatic hydroxyl groups excluding tert-OH is 1. The number of ether oxygens (including phenoxy) is 2. The second kappa shape index (κ2) is 5.35. The quantitative estimate of drug-likeness (QED) is 0.785. The van der Waals surface area contributed by atoms with Crippen LogP contribution in [0, 0.1) is 11.8 Å². The van der Waals surface area contributed by atoms with Crippen LogP contribution in [-0.4, -0.2) is 54.7 Å². The molecule has 2 heterocycles. The fourth-order valence-electron chi connectivity index (χ4n) is 4.19. The fraction of sp³-hybridized carbons (Fsp3) is 0.500. The Morgan fingerprint density at radius 3 is 2.96 bits per heavy atom. The number of carbonyl (C=O) groups is 1. The van der Waals surface area contributed by atoms with Crippen molar-refractivity contribution in [3.05, 3.63) is 35.9 Å². The lowest BCUT2D eigenvalue weighted by molar-refractivity contribution is -0.138. The van der Waals surface area contributed by atoms with Crippen molar-refractivity contribution < 1.29 is 19.4 Å². The standard InChI is InChI=1S/C18H21NO4/c1-19-9-14(21)17-11-4-5-13(20)18(17)23-16-8-10(7-12(11)19)3-6-15(16)22-2/h3-6,8,11-13,17-18,20H,7,9H2,1-2H3/t11-,12+,13-,17+,18-/m0/s1. The third kappa shape index (κ3) is 2.26. The largest absolute Gasteiger partial charge is 0.493 e. The minimum atomic E-state index is -0.782. The maximum absolute atomic E-state index is 12.6. The number of hydrogen-bond donors (Lipinski definition) is 1. The van der Waals surface area contributed by atoms with Crippen molar-refractivity contribution >= 4 is 5.78 Å². The molecule has 1 fully saturated rings. The van der Waals surface area contributed by atoms with Crippen molar-refractivity contribution in [3.8, 4) is 11.5 Å². The molecule has 2 aliphatic heterocycles. The number of carbonyl (C=O) groups excluding carboxylic acids is 1. The summed E-state index contributed by atoms with van der Waals surface area (Å²) in [6.45, 7) is 0.402. The topological polar surface area (TPSA) is 59.0 Å². The van der Waals surface area contributed by atoms with Gasteiger partial charge in [-0.2, -0.15) is 0 Å². The predicted octanol–water partition coefficient (Wildman–Crippen LogP) is 1.04. The second-order valence-electron chi connectivity index (χ2n) is 6.70. The van der Waals surface area contributed by atoms with Gasteiger partial charge in [0.2, 0.25) is 0 Å². The van der Waals surface area contributed by atoms with E-state index in [1.807, 2.05) is 31.3 Å². The molecule has 0 amide bonds. The zero-order valence-corrected chi connectivity index (χ0v) is 13.3. The van der Waals surface area contributed by atoms with Gasteiger partial charge in [0, 0.05) is 12.0 Å². The van der Waals surface area contributed by atoms with Crippen molar-refractivity contribution in [2.75, 3.05) is 20.7 Å². The van der Waals surface area contributed by atoms with E-state index in [-0.39, 0.29) is 23.7 Å². The molecule has 5 atom stereocenters. The molecule has 23 heavy (non-hydrogen) atoms. The molecule has 0 aromatic heterocycles. The first-order valence-electron chi connectivity index (χ1n) is 8.01. The van der Waals surface area contributed by atoms with Gasteiger partial charge in [0.25, 0.3) is 0 Å². The predicted molar refractivity (Wildman–Crippen MR) is 84.7 cm³/mol. The summed E-state index contributed by atoms with van der Waals surface area (Å²) >= 11 is 0. The molecule has 1 N–H and O–H groups in total. The van der Waals surface area contributed by atoms with Gasteiger partial charge in [0.1, 0.15) is 12.2 Å². The number of hydrogen-bond acceptors (Lipinski definition) is 5. The Hall–Kier alpha value is -1.85. The molecule has 4 rings (SSSR count). The molecule has 0 saturated carbocycles. The number of likely N-dealkylation sites (N-methyl/N-ethyl adjacent to an activating group) is 1. The summed E-state index contributed by atoms with van der Waals surface area (Å²) in [5.74, 6) is 1.12. The number of piperidine rings is 1. The maximum atomic E-state index is 12.6. The zero-order chi connectivity index (χ0) is 16.1. The summed E-state index contributed by atoms with van der Waals surface area (Å²) in [4.78, 5) is 14.8. The monoisotopic (exact) mass is 315 g/mol. The van der Waals surface area contributed by atoms with Gasteiger partial charge in [-0.25, -0.2) is 0 Å². The Morgan fingerprint density at radius 2 is 2.17 bits per heavy atom. The summed E-state index contributed by atoms with van der Waals surface area (Å²) < 4.78 is 11.5. The lowest BCUT2D eigenvalue weighted by Gasteiger charge is -2.46. The van der Waals surface area contributed by atoms with E-state index in [1.165, 1.54) is 0 Å². The number of rotatable bonds is 1. The van der Waals surface area contributed by atoms with Crippen LogP contribution in [0.15, 0.2) is 30.4 Å². The zero-order valence-electron chi connectivity index (χ0n) is 13.3. The summed E-state index contributed by atoms with van der Waals surface area (Å²) in [6, 6.07) is 6.14. The minimum Gasteiger partial charge on any atom is -0.493 e. The van der Waals surface area contributed by atoms with Crippen LogP contribution in [0.25, 0.3) is 0 Å². The number of benzene rings is 1. The highest BCUT2D eigenvalue weighted by molar-refractivity contribution is 5.85. The van der Waals surface area contributed by atoms with E-state index in [9.17, 15) is 9.90 Å². The van der Waals surface area contributed by atoms with Crippen molar-refractivity contribution in [3.63, 3.8) is 0 Å². The van der Waals surface area contributed by atoms with Crippen molar-refractivity contribution in [2.45, 2.75) is 24.7 Å². The first kappa shape index (κ1) is 14.7. The van der Waals surface area contributed by atoms with E-state index < -0.39 is 12.2 Å². The second-order valence-corrected chi connectivity index (χ2v) is 6.70. The van der Waals surface area contributed by atoms with Crippen LogP contribution in [0.3, 0.4) is 0 Å². The number of aliphatic hydroxyl groups is 1. The van der Waals surface area contributed by atoms with E-state index in [0.29, 0.717) is 18.0 Å².